The molecule has 0 radical (unpaired) electrons. The molecule has 0 saturated heterocycles. The van der Waals surface area contributed by atoms with Crippen LogP contribution >= 0.6 is 11.3 Å². The minimum absolute atomic E-state index is 0.0627. The van der Waals surface area contributed by atoms with Crippen molar-refractivity contribution in [1.29, 1.82) is 0 Å². The van der Waals surface area contributed by atoms with Crippen LogP contribution in [0.1, 0.15) is 11.1 Å². The van der Waals surface area contributed by atoms with Crippen LogP contribution < -0.4 is 10.1 Å². The van der Waals surface area contributed by atoms with Crippen molar-refractivity contribution in [3.8, 4) is 5.75 Å². The second-order valence-corrected chi connectivity index (χ2v) is 6.01. The highest BCUT2D eigenvalue weighted by molar-refractivity contribution is 7.22. The molecule has 1 amide bonds. The van der Waals surface area contributed by atoms with Crippen LogP contribution in [0.2, 0.25) is 0 Å². The number of para-hydroxylation sites is 1. The molecule has 1 N–H and O–H groups in total. The molecule has 0 fully saturated rings. The van der Waals surface area contributed by atoms with Gasteiger partial charge in [-0.3, -0.25) is 4.79 Å². The second kappa shape index (κ2) is 6.15. The van der Waals surface area contributed by atoms with Crippen LogP contribution in [0.15, 0.2) is 42.5 Å². The molecular weight excluding hydrogens is 296 g/mol. The van der Waals surface area contributed by atoms with E-state index in [4.69, 9.17) is 4.74 Å². The molecular formula is C17H16N2O2S. The molecule has 0 aliphatic carbocycles. The van der Waals surface area contributed by atoms with E-state index in [1.165, 1.54) is 11.3 Å². The van der Waals surface area contributed by atoms with Gasteiger partial charge in [-0.2, -0.15) is 0 Å². The summed E-state index contributed by atoms with van der Waals surface area (Å²) < 4.78 is 6.28. The standard InChI is InChI=1S/C17H16N2O2S/c1-11-6-3-4-7-12(11)10-15(20)18-17-19-16-13(21-2)8-5-9-14(16)22-17/h3-9H,10H2,1-2H3,(H,18,19,20). The van der Waals surface area contributed by atoms with E-state index in [2.05, 4.69) is 10.3 Å². The third-order valence-corrected chi connectivity index (χ3v) is 4.40. The number of thiazole rings is 1. The van der Waals surface area contributed by atoms with Gasteiger partial charge in [-0.05, 0) is 30.2 Å². The van der Waals surface area contributed by atoms with E-state index in [1.54, 1.807) is 7.11 Å². The lowest BCUT2D eigenvalue weighted by Crippen LogP contribution is -2.14. The Bertz CT molecular complexity index is 826. The number of aryl methyl sites for hydroxylation is 1. The number of hydrogen-bond donors (Lipinski definition) is 1. The molecule has 0 saturated carbocycles. The van der Waals surface area contributed by atoms with Crippen molar-refractivity contribution in [2.75, 3.05) is 12.4 Å². The SMILES string of the molecule is COc1cccc2sc(NC(=O)Cc3ccccc3C)nc12. The van der Waals surface area contributed by atoms with Crippen molar-refractivity contribution < 1.29 is 9.53 Å². The van der Waals surface area contributed by atoms with E-state index in [9.17, 15) is 4.79 Å². The van der Waals surface area contributed by atoms with E-state index in [0.29, 0.717) is 17.3 Å². The van der Waals surface area contributed by atoms with Crippen molar-refractivity contribution in [3.05, 3.63) is 53.6 Å². The molecule has 4 nitrogen and oxygen atoms in total. The molecule has 2 aromatic carbocycles. The number of amides is 1. The molecule has 0 aliphatic heterocycles. The average molecular weight is 312 g/mol. The number of methoxy groups -OCH3 is 1. The number of ether oxygens (including phenoxy) is 1. The molecule has 0 atom stereocenters. The number of carbonyl (C=O) groups is 1. The van der Waals surface area contributed by atoms with Gasteiger partial charge in [0.15, 0.2) is 5.13 Å². The molecule has 0 spiro atoms. The van der Waals surface area contributed by atoms with E-state index in [0.717, 1.165) is 21.3 Å². The van der Waals surface area contributed by atoms with Gasteiger partial charge in [0.05, 0.1) is 18.2 Å². The summed E-state index contributed by atoms with van der Waals surface area (Å²) in [4.78, 5) is 16.6. The van der Waals surface area contributed by atoms with E-state index in [1.807, 2.05) is 49.4 Å². The Balaban J connectivity index is 1.78. The predicted molar refractivity (Wildman–Crippen MR) is 89.7 cm³/mol. The van der Waals surface area contributed by atoms with Gasteiger partial charge in [0.2, 0.25) is 5.91 Å². The van der Waals surface area contributed by atoms with Crippen molar-refractivity contribution in [2.24, 2.45) is 0 Å². The number of hydrogen-bond acceptors (Lipinski definition) is 4. The van der Waals surface area contributed by atoms with Gasteiger partial charge in [-0.1, -0.05) is 41.7 Å². The Kier molecular flexibility index (Phi) is 4.06. The molecule has 3 rings (SSSR count). The summed E-state index contributed by atoms with van der Waals surface area (Å²) in [6.45, 7) is 2.01. The summed E-state index contributed by atoms with van der Waals surface area (Å²) >= 11 is 1.45. The van der Waals surface area contributed by atoms with E-state index in [-0.39, 0.29) is 5.91 Å². The molecule has 22 heavy (non-hydrogen) atoms. The third-order valence-electron chi connectivity index (χ3n) is 3.46. The first kappa shape index (κ1) is 14.5. The summed E-state index contributed by atoms with van der Waals surface area (Å²) in [7, 11) is 1.62. The van der Waals surface area contributed by atoms with Crippen molar-refractivity contribution in [2.45, 2.75) is 13.3 Å². The average Bonchev–Trinajstić information content (AvgIpc) is 2.91. The van der Waals surface area contributed by atoms with Crippen molar-refractivity contribution in [1.82, 2.24) is 4.98 Å². The van der Waals surface area contributed by atoms with Crippen LogP contribution in [0.3, 0.4) is 0 Å². The summed E-state index contributed by atoms with van der Waals surface area (Å²) in [6.07, 6.45) is 0.347. The van der Waals surface area contributed by atoms with Crippen LogP contribution in [-0.4, -0.2) is 18.0 Å². The number of nitrogens with one attached hydrogen (secondary N) is 1. The molecule has 5 heteroatoms. The van der Waals surface area contributed by atoms with Gasteiger partial charge in [0.25, 0.3) is 0 Å². The van der Waals surface area contributed by atoms with E-state index < -0.39 is 0 Å². The van der Waals surface area contributed by atoms with Crippen LogP contribution in [0.5, 0.6) is 5.75 Å². The highest BCUT2D eigenvalue weighted by atomic mass is 32.1. The minimum atomic E-state index is -0.0627. The van der Waals surface area contributed by atoms with Crippen LogP contribution in [-0.2, 0) is 11.2 Å². The zero-order chi connectivity index (χ0) is 15.5. The lowest BCUT2D eigenvalue weighted by atomic mass is 10.1. The maximum absolute atomic E-state index is 12.2. The Morgan fingerprint density at radius 1 is 1.23 bits per heavy atom. The monoisotopic (exact) mass is 312 g/mol. The summed E-state index contributed by atoms with van der Waals surface area (Å²) in [5.41, 5.74) is 2.92. The first-order valence-electron chi connectivity index (χ1n) is 6.95. The number of fused-ring (bicyclic) bond motifs is 1. The van der Waals surface area contributed by atoms with Crippen molar-refractivity contribution in [3.63, 3.8) is 0 Å². The summed E-state index contributed by atoms with van der Waals surface area (Å²) in [5, 5.41) is 3.47. The Morgan fingerprint density at radius 3 is 2.82 bits per heavy atom. The first-order chi connectivity index (χ1) is 10.7. The number of rotatable bonds is 4. The largest absolute Gasteiger partial charge is 0.494 e. The maximum atomic E-state index is 12.2. The predicted octanol–water partition coefficient (Wildman–Crippen LogP) is 3.79. The zero-order valence-electron chi connectivity index (χ0n) is 12.4. The Labute approximate surface area is 132 Å². The van der Waals surface area contributed by atoms with E-state index >= 15 is 0 Å². The van der Waals surface area contributed by atoms with Gasteiger partial charge in [0, 0.05) is 0 Å². The number of carbonyl (C=O) groups excluding carboxylic acids is 1. The van der Waals surface area contributed by atoms with Gasteiger partial charge in [0.1, 0.15) is 11.3 Å². The fourth-order valence-corrected chi connectivity index (χ4v) is 3.19. The van der Waals surface area contributed by atoms with Crippen LogP contribution in [0.25, 0.3) is 10.2 Å². The minimum Gasteiger partial charge on any atom is -0.494 e. The molecule has 0 aliphatic rings. The lowest BCUT2D eigenvalue weighted by molar-refractivity contribution is -0.115. The van der Waals surface area contributed by atoms with Crippen LogP contribution in [0, 0.1) is 6.92 Å². The van der Waals surface area contributed by atoms with Gasteiger partial charge in [-0.15, -0.1) is 0 Å². The smallest absolute Gasteiger partial charge is 0.230 e. The normalized spacial score (nSPS) is 10.6. The maximum Gasteiger partial charge on any atom is 0.230 e. The third kappa shape index (κ3) is 2.94. The first-order valence-corrected chi connectivity index (χ1v) is 7.77. The summed E-state index contributed by atoms with van der Waals surface area (Å²) in [5.74, 6) is 0.653. The fourth-order valence-electron chi connectivity index (χ4n) is 2.29. The molecule has 1 heterocycles. The Morgan fingerprint density at radius 2 is 2.05 bits per heavy atom. The molecule has 0 unspecified atom stereocenters. The highest BCUT2D eigenvalue weighted by Crippen LogP contribution is 2.32. The topological polar surface area (TPSA) is 51.2 Å². The number of nitrogens with zero attached hydrogens (tertiary/aromatic N) is 1. The summed E-state index contributed by atoms with van der Waals surface area (Å²) in [6, 6.07) is 13.6. The quantitative estimate of drug-likeness (QED) is 0.797. The molecule has 112 valence electrons. The number of benzene rings is 2. The highest BCUT2D eigenvalue weighted by Gasteiger charge is 2.11. The molecule has 1 aromatic heterocycles. The zero-order valence-corrected chi connectivity index (χ0v) is 13.2. The Hall–Kier alpha value is -2.40. The second-order valence-electron chi connectivity index (χ2n) is 4.98. The fraction of sp³-hybridized carbons (Fsp3) is 0.176. The van der Waals surface area contributed by atoms with Gasteiger partial charge < -0.3 is 10.1 Å². The van der Waals surface area contributed by atoms with Crippen LogP contribution in [0.4, 0.5) is 5.13 Å². The van der Waals surface area contributed by atoms with Gasteiger partial charge in [-0.25, -0.2) is 4.98 Å². The van der Waals surface area contributed by atoms with Gasteiger partial charge >= 0.3 is 0 Å². The lowest BCUT2D eigenvalue weighted by Gasteiger charge is -2.04. The number of aromatic nitrogens is 1. The number of anilines is 1. The molecule has 3 aromatic rings. The van der Waals surface area contributed by atoms with Crippen molar-refractivity contribution >= 4 is 32.6 Å². The molecule has 0 bridgehead atoms.